The predicted octanol–water partition coefficient (Wildman–Crippen LogP) is 3.91. The van der Waals surface area contributed by atoms with Crippen LogP contribution < -0.4 is 10.7 Å². The van der Waals surface area contributed by atoms with Gasteiger partial charge in [-0.3, -0.25) is 5.41 Å². The van der Waals surface area contributed by atoms with Crippen LogP contribution in [0.2, 0.25) is 0 Å². The van der Waals surface area contributed by atoms with Gasteiger partial charge in [0, 0.05) is 23.7 Å². The minimum Gasteiger partial charge on any atom is -0.355 e. The van der Waals surface area contributed by atoms with Crippen LogP contribution >= 0.6 is 0 Å². The third kappa shape index (κ3) is 4.71. The van der Waals surface area contributed by atoms with E-state index in [2.05, 4.69) is 22.8 Å². The van der Waals surface area contributed by atoms with Crippen molar-refractivity contribution in [3.63, 3.8) is 0 Å². The Kier molecular flexibility index (Phi) is 6.89. The van der Waals surface area contributed by atoms with E-state index in [-0.39, 0.29) is 10.9 Å². The molecular weight excluding hydrogens is 398 g/mol. The van der Waals surface area contributed by atoms with Gasteiger partial charge in [-0.05, 0) is 31.5 Å². The number of hydrogen-bond donors (Lipinski definition) is 3. The summed E-state index contributed by atoms with van der Waals surface area (Å²) in [6.45, 7) is 4.63. The number of nitrogens with one attached hydrogen (secondary N) is 3. The number of para-hydroxylation sites is 1. The van der Waals surface area contributed by atoms with Gasteiger partial charge in [0.25, 0.3) is 10.0 Å². The molecule has 0 aliphatic heterocycles. The Hall–Kier alpha value is -3.13. The summed E-state index contributed by atoms with van der Waals surface area (Å²) in [7, 11) is -3.74. The van der Waals surface area contributed by atoms with E-state index in [1.165, 1.54) is 3.97 Å². The number of benzene rings is 2. The third-order valence-corrected chi connectivity index (χ3v) is 6.47. The number of nitrogens with zero attached hydrogens (tertiary/aromatic N) is 2. The van der Waals surface area contributed by atoms with Crippen LogP contribution in [0, 0.1) is 5.41 Å². The van der Waals surface area contributed by atoms with Crippen LogP contribution in [-0.4, -0.2) is 30.6 Å². The minimum absolute atomic E-state index is 0.117. The van der Waals surface area contributed by atoms with E-state index in [0.29, 0.717) is 23.3 Å². The smallest absolute Gasteiger partial charge is 0.268 e. The van der Waals surface area contributed by atoms with E-state index in [0.717, 1.165) is 24.6 Å². The lowest BCUT2D eigenvalue weighted by Crippen LogP contribution is -2.34. The number of unbranched alkanes of at least 4 members (excludes halogenated alkanes) is 2. The van der Waals surface area contributed by atoms with Crippen molar-refractivity contribution in [3.8, 4) is 0 Å². The van der Waals surface area contributed by atoms with Gasteiger partial charge in [0.15, 0.2) is 0 Å². The van der Waals surface area contributed by atoms with Crippen molar-refractivity contribution < 1.29 is 8.42 Å². The first-order chi connectivity index (χ1) is 14.4. The lowest BCUT2D eigenvalue weighted by atomic mass is 10.1. The number of hydrazone groups is 1. The molecule has 0 spiro atoms. The first-order valence-corrected chi connectivity index (χ1v) is 11.4. The van der Waals surface area contributed by atoms with Gasteiger partial charge in [-0.2, -0.15) is 5.10 Å². The van der Waals surface area contributed by atoms with E-state index in [1.807, 2.05) is 18.2 Å². The standard InChI is InChI=1S/C22H27N5O2S/c1-3-4-10-15-24-22(23)26-25-17(2)20-16-27(21-14-9-8-13-19(20)21)30(28,29)18-11-6-5-7-12-18/h5-9,11-14,16H,3-4,10,15H2,1-2H3,(H3,23,24,26). The molecule has 0 radical (unpaired) electrons. The highest BCUT2D eigenvalue weighted by Crippen LogP contribution is 2.26. The molecule has 7 nitrogen and oxygen atoms in total. The first-order valence-electron chi connectivity index (χ1n) is 9.99. The van der Waals surface area contributed by atoms with Gasteiger partial charge in [-0.15, -0.1) is 0 Å². The van der Waals surface area contributed by atoms with Crippen molar-refractivity contribution in [3.05, 3.63) is 66.4 Å². The average molecular weight is 426 g/mol. The molecule has 0 aliphatic carbocycles. The van der Waals surface area contributed by atoms with Crippen LogP contribution in [0.4, 0.5) is 0 Å². The van der Waals surface area contributed by atoms with E-state index in [1.54, 1.807) is 49.5 Å². The van der Waals surface area contributed by atoms with Crippen LogP contribution in [0.1, 0.15) is 38.7 Å². The van der Waals surface area contributed by atoms with Gasteiger partial charge in [0.1, 0.15) is 0 Å². The third-order valence-electron chi connectivity index (χ3n) is 4.79. The van der Waals surface area contributed by atoms with Crippen molar-refractivity contribution in [2.75, 3.05) is 6.54 Å². The Morgan fingerprint density at radius 1 is 1.07 bits per heavy atom. The Labute approximate surface area is 177 Å². The molecule has 3 rings (SSSR count). The van der Waals surface area contributed by atoms with Crippen molar-refractivity contribution in [2.24, 2.45) is 5.10 Å². The Balaban J connectivity index is 1.90. The van der Waals surface area contributed by atoms with Gasteiger partial charge < -0.3 is 5.32 Å². The zero-order valence-electron chi connectivity index (χ0n) is 17.2. The molecule has 2 aromatic carbocycles. The molecule has 0 saturated carbocycles. The maximum absolute atomic E-state index is 13.2. The van der Waals surface area contributed by atoms with Gasteiger partial charge in [-0.1, -0.05) is 56.2 Å². The summed E-state index contributed by atoms with van der Waals surface area (Å²) in [6.07, 6.45) is 4.81. The van der Waals surface area contributed by atoms with Crippen LogP contribution in [0.15, 0.2) is 70.8 Å². The van der Waals surface area contributed by atoms with E-state index < -0.39 is 10.0 Å². The van der Waals surface area contributed by atoms with Crippen molar-refractivity contribution >= 4 is 32.6 Å². The Morgan fingerprint density at radius 2 is 1.77 bits per heavy atom. The summed E-state index contributed by atoms with van der Waals surface area (Å²) < 4.78 is 27.7. The molecule has 0 fully saturated rings. The van der Waals surface area contributed by atoms with Crippen molar-refractivity contribution in [1.29, 1.82) is 5.41 Å². The second kappa shape index (κ2) is 9.58. The van der Waals surface area contributed by atoms with Gasteiger partial charge in [0.2, 0.25) is 5.96 Å². The van der Waals surface area contributed by atoms with Gasteiger partial charge in [0.05, 0.1) is 16.1 Å². The topological polar surface area (TPSA) is 99.3 Å². The zero-order valence-corrected chi connectivity index (χ0v) is 18.0. The molecule has 0 unspecified atom stereocenters. The summed E-state index contributed by atoms with van der Waals surface area (Å²) in [5.41, 5.74) is 4.57. The quantitative estimate of drug-likeness (QED) is 0.220. The van der Waals surface area contributed by atoms with Crippen LogP contribution in [0.25, 0.3) is 10.9 Å². The summed E-state index contributed by atoms with van der Waals surface area (Å²) in [6, 6.07) is 15.7. The Morgan fingerprint density at radius 3 is 2.50 bits per heavy atom. The summed E-state index contributed by atoms with van der Waals surface area (Å²) >= 11 is 0. The zero-order chi connectivity index (χ0) is 21.6. The molecule has 1 aromatic heterocycles. The van der Waals surface area contributed by atoms with Crippen molar-refractivity contribution in [2.45, 2.75) is 38.0 Å². The summed E-state index contributed by atoms with van der Waals surface area (Å²) in [5, 5.41) is 16.0. The number of aromatic nitrogens is 1. The molecule has 8 heteroatoms. The monoisotopic (exact) mass is 425 g/mol. The van der Waals surface area contributed by atoms with Crippen LogP contribution in [0.3, 0.4) is 0 Å². The molecule has 30 heavy (non-hydrogen) atoms. The molecule has 0 atom stereocenters. The highest BCUT2D eigenvalue weighted by atomic mass is 32.2. The fourth-order valence-electron chi connectivity index (χ4n) is 3.17. The number of hydrogen-bond acceptors (Lipinski definition) is 4. The maximum Gasteiger partial charge on any atom is 0.268 e. The maximum atomic E-state index is 13.2. The largest absolute Gasteiger partial charge is 0.355 e. The molecule has 0 aliphatic rings. The van der Waals surface area contributed by atoms with Crippen molar-refractivity contribution in [1.82, 2.24) is 14.7 Å². The fraction of sp³-hybridized carbons (Fsp3) is 0.273. The molecule has 3 aromatic rings. The number of fused-ring (bicyclic) bond motifs is 1. The highest BCUT2D eigenvalue weighted by Gasteiger charge is 2.21. The van der Waals surface area contributed by atoms with Crippen LogP contribution in [0.5, 0.6) is 0 Å². The molecule has 0 amide bonds. The van der Waals surface area contributed by atoms with Crippen LogP contribution in [-0.2, 0) is 10.0 Å². The lowest BCUT2D eigenvalue weighted by molar-refractivity contribution is 0.589. The minimum atomic E-state index is -3.74. The van der Waals surface area contributed by atoms with E-state index in [9.17, 15) is 8.42 Å². The number of rotatable bonds is 8. The first kappa shape index (κ1) is 21.6. The normalized spacial score (nSPS) is 12.1. The second-order valence-corrected chi connectivity index (χ2v) is 8.81. The predicted molar refractivity (Wildman–Crippen MR) is 122 cm³/mol. The summed E-state index contributed by atoms with van der Waals surface area (Å²) in [5.74, 6) is 0.117. The molecule has 1 heterocycles. The lowest BCUT2D eigenvalue weighted by Gasteiger charge is -2.07. The van der Waals surface area contributed by atoms with E-state index in [4.69, 9.17) is 5.41 Å². The SMILES string of the molecule is CCCCCNC(=N)NN=C(C)c1cn(S(=O)(=O)c2ccccc2)c2ccccc12. The molecule has 158 valence electrons. The average Bonchev–Trinajstić information content (AvgIpc) is 3.16. The second-order valence-electron chi connectivity index (χ2n) is 6.99. The molecule has 3 N–H and O–H groups in total. The van der Waals surface area contributed by atoms with Gasteiger partial charge >= 0.3 is 0 Å². The Bertz CT molecular complexity index is 1150. The van der Waals surface area contributed by atoms with E-state index >= 15 is 0 Å². The molecular formula is C22H27N5O2S. The van der Waals surface area contributed by atoms with Gasteiger partial charge in [-0.25, -0.2) is 17.8 Å². The highest BCUT2D eigenvalue weighted by molar-refractivity contribution is 7.90. The fourth-order valence-corrected chi connectivity index (χ4v) is 4.56. The summed E-state index contributed by atoms with van der Waals surface area (Å²) in [4.78, 5) is 0.225. The number of guanidine groups is 1. The molecule has 0 saturated heterocycles. The molecule has 0 bridgehead atoms.